The normalized spacial score (nSPS) is 11.5. The maximum Gasteiger partial charge on any atom is 0.275 e. The number of hydrogen-bond acceptors (Lipinski definition) is 5. The van der Waals surface area contributed by atoms with E-state index in [1.165, 1.54) is 7.05 Å². The van der Waals surface area contributed by atoms with Crippen LogP contribution in [0.25, 0.3) is 0 Å². The summed E-state index contributed by atoms with van der Waals surface area (Å²) in [6.45, 7) is 0. The zero-order chi connectivity index (χ0) is 20.8. The van der Waals surface area contributed by atoms with Crippen LogP contribution >= 0.6 is 0 Å². The lowest BCUT2D eigenvalue weighted by molar-refractivity contribution is -0.119. The average Bonchev–Trinajstić information content (AvgIpc) is 2.74. The lowest BCUT2D eigenvalue weighted by atomic mass is 10.1. The van der Waals surface area contributed by atoms with Crippen LogP contribution in [0.4, 0.5) is 5.69 Å². The molecule has 148 valence electrons. The average molecular weight is 392 g/mol. The second-order valence-electron chi connectivity index (χ2n) is 6.31. The lowest BCUT2D eigenvalue weighted by Gasteiger charge is -2.20. The quantitative estimate of drug-likeness (QED) is 0.591. The minimum absolute atomic E-state index is 0.238. The van der Waals surface area contributed by atoms with E-state index in [0.717, 1.165) is 16.4 Å². The van der Waals surface area contributed by atoms with Crippen LogP contribution in [-0.2, 0) is 11.2 Å². The summed E-state index contributed by atoms with van der Waals surface area (Å²) in [5, 5.41) is 19.2. The van der Waals surface area contributed by atoms with Crippen molar-refractivity contribution in [1.82, 2.24) is 15.1 Å². The summed E-state index contributed by atoms with van der Waals surface area (Å²) in [6, 6.07) is 17.2. The van der Waals surface area contributed by atoms with E-state index < -0.39 is 34.7 Å². The van der Waals surface area contributed by atoms with Crippen LogP contribution in [0.2, 0.25) is 0 Å². The van der Waals surface area contributed by atoms with Crippen LogP contribution in [0.5, 0.6) is 5.75 Å². The predicted octanol–water partition coefficient (Wildman–Crippen LogP) is 1.73. The summed E-state index contributed by atoms with van der Waals surface area (Å²) in [5.74, 6) is -1.82. The van der Waals surface area contributed by atoms with Gasteiger partial charge in [0, 0.05) is 19.2 Å². The van der Waals surface area contributed by atoms with Crippen molar-refractivity contribution in [3.05, 3.63) is 88.3 Å². The summed E-state index contributed by atoms with van der Waals surface area (Å²) < 4.78 is 1.15. The number of amides is 2. The third kappa shape index (κ3) is 4.67. The molecule has 29 heavy (non-hydrogen) atoms. The van der Waals surface area contributed by atoms with Crippen molar-refractivity contribution in [2.75, 3.05) is 12.4 Å². The van der Waals surface area contributed by atoms with Crippen molar-refractivity contribution in [2.24, 2.45) is 0 Å². The van der Waals surface area contributed by atoms with Gasteiger partial charge >= 0.3 is 0 Å². The highest BCUT2D eigenvalue weighted by molar-refractivity contribution is 5.94. The molecule has 3 N–H and O–H groups in total. The Balaban J connectivity index is 2.02. The Kier molecular flexibility index (Phi) is 6.03. The Hall–Kier alpha value is -3.94. The van der Waals surface area contributed by atoms with E-state index in [1.54, 1.807) is 24.3 Å². The number of carbonyl (C=O) groups excluding carboxylic acids is 2. The summed E-state index contributed by atoms with van der Waals surface area (Å²) in [5.41, 5.74) is 0.0511. The maximum absolute atomic E-state index is 13.0. The van der Waals surface area contributed by atoms with E-state index in [4.69, 9.17) is 0 Å². The van der Waals surface area contributed by atoms with Gasteiger partial charge in [-0.3, -0.25) is 19.1 Å². The van der Waals surface area contributed by atoms with Crippen molar-refractivity contribution in [3.8, 4) is 5.75 Å². The highest BCUT2D eigenvalue weighted by Crippen LogP contribution is 2.18. The molecular formula is C21H20N4O4. The molecule has 1 heterocycles. The number of benzene rings is 2. The number of aromatic nitrogens is 2. The molecule has 2 aromatic carbocycles. The summed E-state index contributed by atoms with van der Waals surface area (Å²) in [4.78, 5) is 37.1. The smallest absolute Gasteiger partial charge is 0.275 e. The number of anilines is 1. The van der Waals surface area contributed by atoms with Gasteiger partial charge in [-0.15, -0.1) is 0 Å². The number of para-hydroxylation sites is 1. The van der Waals surface area contributed by atoms with Crippen molar-refractivity contribution in [1.29, 1.82) is 0 Å². The Morgan fingerprint density at radius 2 is 1.69 bits per heavy atom. The van der Waals surface area contributed by atoms with Crippen molar-refractivity contribution in [2.45, 2.75) is 12.5 Å². The van der Waals surface area contributed by atoms with Crippen LogP contribution in [0.3, 0.4) is 0 Å². The van der Waals surface area contributed by atoms with Gasteiger partial charge in [0.15, 0.2) is 11.4 Å². The fourth-order valence-electron chi connectivity index (χ4n) is 2.81. The van der Waals surface area contributed by atoms with Gasteiger partial charge in [0.25, 0.3) is 11.3 Å². The first-order chi connectivity index (χ1) is 14.0. The molecule has 0 aliphatic rings. The molecule has 0 aliphatic carbocycles. The summed E-state index contributed by atoms with van der Waals surface area (Å²) in [6.07, 6.45) is 1.30. The number of aromatic hydroxyl groups is 1. The van der Waals surface area contributed by atoms with Gasteiger partial charge in [-0.1, -0.05) is 48.5 Å². The van der Waals surface area contributed by atoms with E-state index in [-0.39, 0.29) is 6.42 Å². The molecular weight excluding hydrogens is 372 g/mol. The second-order valence-corrected chi connectivity index (χ2v) is 6.31. The summed E-state index contributed by atoms with van der Waals surface area (Å²) >= 11 is 0. The van der Waals surface area contributed by atoms with Gasteiger partial charge in [-0.25, -0.2) is 0 Å². The minimum Gasteiger partial charge on any atom is -0.503 e. The van der Waals surface area contributed by atoms with Crippen LogP contribution in [0.1, 0.15) is 22.1 Å². The Morgan fingerprint density at radius 3 is 2.31 bits per heavy atom. The SMILES string of the molecule is CNC(=O)c1nn(C(Cc2ccccc2)C(=O)Nc2ccccc2)cc(O)c1=O. The molecule has 1 unspecified atom stereocenters. The van der Waals surface area contributed by atoms with Gasteiger partial charge in [0.2, 0.25) is 5.91 Å². The van der Waals surface area contributed by atoms with Gasteiger partial charge in [0.1, 0.15) is 6.04 Å². The first-order valence-electron chi connectivity index (χ1n) is 8.94. The monoisotopic (exact) mass is 392 g/mol. The van der Waals surface area contributed by atoms with Crippen molar-refractivity contribution < 1.29 is 14.7 Å². The molecule has 3 rings (SSSR count). The lowest BCUT2D eigenvalue weighted by Crippen LogP contribution is -2.34. The standard InChI is InChI=1S/C21H20N4O4/c1-22-21(29)18-19(27)17(26)13-25(24-18)16(12-14-8-4-2-5-9-14)20(28)23-15-10-6-3-7-11-15/h2-11,13,16,26H,12H2,1H3,(H,22,29)(H,23,28). The fourth-order valence-corrected chi connectivity index (χ4v) is 2.81. The van der Waals surface area contributed by atoms with Crippen LogP contribution < -0.4 is 16.1 Å². The Bertz CT molecular complexity index is 1070. The molecule has 0 radical (unpaired) electrons. The third-order valence-electron chi connectivity index (χ3n) is 4.30. The van der Waals surface area contributed by atoms with E-state index in [2.05, 4.69) is 15.7 Å². The topological polar surface area (TPSA) is 113 Å². The van der Waals surface area contributed by atoms with E-state index in [1.807, 2.05) is 36.4 Å². The number of hydrogen-bond donors (Lipinski definition) is 3. The highest BCUT2D eigenvalue weighted by atomic mass is 16.3. The molecule has 1 atom stereocenters. The first-order valence-corrected chi connectivity index (χ1v) is 8.94. The zero-order valence-corrected chi connectivity index (χ0v) is 15.7. The highest BCUT2D eigenvalue weighted by Gasteiger charge is 2.25. The summed E-state index contributed by atoms with van der Waals surface area (Å²) in [7, 11) is 1.35. The maximum atomic E-state index is 13.0. The fraction of sp³-hybridized carbons (Fsp3) is 0.143. The minimum atomic E-state index is -0.910. The Morgan fingerprint density at radius 1 is 1.07 bits per heavy atom. The van der Waals surface area contributed by atoms with Crippen LogP contribution in [0, 0.1) is 0 Å². The van der Waals surface area contributed by atoms with Crippen LogP contribution in [-0.4, -0.2) is 33.7 Å². The van der Waals surface area contributed by atoms with Gasteiger partial charge in [-0.2, -0.15) is 5.10 Å². The van der Waals surface area contributed by atoms with Gasteiger partial charge in [-0.05, 0) is 17.7 Å². The number of nitrogens with one attached hydrogen (secondary N) is 2. The molecule has 2 amide bonds. The Labute approximate surface area is 166 Å². The van der Waals surface area contributed by atoms with E-state index >= 15 is 0 Å². The number of nitrogens with zero attached hydrogens (tertiary/aromatic N) is 2. The second kappa shape index (κ2) is 8.83. The molecule has 3 aromatic rings. The van der Waals surface area contributed by atoms with Gasteiger partial charge in [0.05, 0.1) is 6.20 Å². The molecule has 0 spiro atoms. The molecule has 8 heteroatoms. The molecule has 1 aromatic heterocycles. The number of rotatable bonds is 6. The van der Waals surface area contributed by atoms with E-state index in [0.29, 0.717) is 5.69 Å². The zero-order valence-electron chi connectivity index (χ0n) is 15.7. The predicted molar refractivity (Wildman–Crippen MR) is 108 cm³/mol. The molecule has 0 aliphatic heterocycles. The van der Waals surface area contributed by atoms with Crippen molar-refractivity contribution in [3.63, 3.8) is 0 Å². The molecule has 0 fully saturated rings. The van der Waals surface area contributed by atoms with Crippen molar-refractivity contribution >= 4 is 17.5 Å². The van der Waals surface area contributed by atoms with E-state index in [9.17, 15) is 19.5 Å². The van der Waals surface area contributed by atoms with Gasteiger partial charge < -0.3 is 15.7 Å². The molecule has 8 nitrogen and oxygen atoms in total. The first kappa shape index (κ1) is 19.8. The molecule has 0 saturated carbocycles. The molecule has 0 bridgehead atoms. The van der Waals surface area contributed by atoms with Crippen LogP contribution in [0.15, 0.2) is 71.7 Å². The number of carbonyl (C=O) groups is 2. The third-order valence-corrected chi connectivity index (χ3v) is 4.30. The largest absolute Gasteiger partial charge is 0.503 e. The molecule has 0 saturated heterocycles.